The van der Waals surface area contributed by atoms with E-state index in [0.29, 0.717) is 5.57 Å². The number of alkyl halides is 2. The van der Waals surface area contributed by atoms with Gasteiger partial charge in [0.15, 0.2) is 0 Å². The normalized spacial score (nSPS) is 26.1. The zero-order valence-corrected chi connectivity index (χ0v) is 20.1. The van der Waals surface area contributed by atoms with Crippen molar-refractivity contribution in [3.63, 3.8) is 0 Å². The summed E-state index contributed by atoms with van der Waals surface area (Å²) in [6.07, 6.45) is 4.70. The molecule has 0 amide bonds. The van der Waals surface area contributed by atoms with E-state index in [9.17, 15) is 14.3 Å². The largest absolute Gasteiger partial charge is 0.512 e. The van der Waals surface area contributed by atoms with Crippen molar-refractivity contribution in [3.8, 4) is 0 Å². The van der Waals surface area contributed by atoms with E-state index >= 15 is 13.2 Å². The van der Waals surface area contributed by atoms with Gasteiger partial charge in [0.05, 0.1) is 11.7 Å². The summed E-state index contributed by atoms with van der Waals surface area (Å²) in [7, 11) is 0. The Balaban J connectivity index is 1.55. The number of allylic oxidation sites excluding steroid dienone is 4. The van der Waals surface area contributed by atoms with Gasteiger partial charge in [0.1, 0.15) is 17.9 Å². The molecule has 1 saturated heterocycles. The lowest BCUT2D eigenvalue weighted by molar-refractivity contribution is -0.111. The van der Waals surface area contributed by atoms with Crippen molar-refractivity contribution in [1.82, 2.24) is 0 Å². The predicted molar refractivity (Wildman–Crippen MR) is 130 cm³/mol. The van der Waals surface area contributed by atoms with E-state index in [0.717, 1.165) is 55.6 Å². The number of aryl methyl sites for hydroxylation is 1. The average molecular weight is 500 g/mol. The first kappa shape index (κ1) is 24.6. The Morgan fingerprint density at radius 1 is 1.03 bits per heavy atom. The van der Waals surface area contributed by atoms with Crippen molar-refractivity contribution >= 4 is 12.0 Å². The first-order valence-corrected chi connectivity index (χ1v) is 12.4. The van der Waals surface area contributed by atoms with Crippen LogP contribution in [-0.4, -0.2) is 30.4 Å². The number of nitrogens with zero attached hydrogens (tertiary/aromatic N) is 1. The Morgan fingerprint density at radius 3 is 2.39 bits per heavy atom. The second kappa shape index (κ2) is 9.41. The summed E-state index contributed by atoms with van der Waals surface area (Å²) >= 11 is 0. The Labute approximate surface area is 208 Å². The summed E-state index contributed by atoms with van der Waals surface area (Å²) < 4.78 is 60.4. The van der Waals surface area contributed by atoms with Gasteiger partial charge < -0.3 is 14.8 Å². The second-order valence-electron chi connectivity index (χ2n) is 10.3. The Kier molecular flexibility index (Phi) is 6.43. The van der Waals surface area contributed by atoms with Gasteiger partial charge in [0.2, 0.25) is 0 Å². The van der Waals surface area contributed by atoms with E-state index < -0.39 is 41.7 Å². The summed E-state index contributed by atoms with van der Waals surface area (Å²) in [6.45, 7) is 2.96. The van der Waals surface area contributed by atoms with Crippen molar-refractivity contribution in [2.75, 3.05) is 18.0 Å². The fourth-order valence-corrected chi connectivity index (χ4v) is 6.05. The lowest BCUT2D eigenvalue weighted by atomic mass is 9.62. The highest BCUT2D eigenvalue weighted by atomic mass is 19.3. The van der Waals surface area contributed by atoms with Crippen LogP contribution >= 0.6 is 0 Å². The van der Waals surface area contributed by atoms with E-state index in [-0.39, 0.29) is 29.2 Å². The molecule has 0 radical (unpaired) electrons. The number of hydrogen-bond donors (Lipinski definition) is 1. The standard InChI is InChI=1S/C29H29F4NO2/c1-17-12-27(31)23(14-26(17)30)24-15-29(32,33)25-13-21(36)6-7-22(25)28(24)19-2-4-20(5-3-19)34-10-8-18(16-35)9-11-34/h2-7,12,14,16,18,24-25,28,36H,8-11,13,15H2,1H3/t24-,25?,28-/m1/s1. The van der Waals surface area contributed by atoms with Crippen molar-refractivity contribution in [2.24, 2.45) is 11.8 Å². The number of aldehydes is 1. The van der Waals surface area contributed by atoms with Crippen LogP contribution in [0, 0.1) is 30.4 Å². The lowest BCUT2D eigenvalue weighted by Crippen LogP contribution is -2.42. The van der Waals surface area contributed by atoms with Gasteiger partial charge in [-0.2, -0.15) is 0 Å². The number of rotatable bonds is 4. The summed E-state index contributed by atoms with van der Waals surface area (Å²) in [5.41, 5.74) is 2.21. The lowest BCUT2D eigenvalue weighted by Gasteiger charge is -2.45. The van der Waals surface area contributed by atoms with Crippen LogP contribution in [0.15, 0.2) is 59.9 Å². The molecule has 36 heavy (non-hydrogen) atoms. The molecule has 190 valence electrons. The molecule has 0 aromatic heterocycles. The molecule has 0 bridgehead atoms. The number of aliphatic hydroxyl groups is 1. The van der Waals surface area contributed by atoms with Crippen LogP contribution in [0.3, 0.4) is 0 Å². The molecule has 1 aliphatic heterocycles. The number of halogens is 4. The molecule has 3 atom stereocenters. The SMILES string of the molecule is Cc1cc(F)c([C@H]2CC(F)(F)C3CC(O)=CC=C3[C@H]2c2ccc(N3CCC(C=O)CC3)cc2)cc1F. The zero-order valence-electron chi connectivity index (χ0n) is 20.1. The maximum Gasteiger partial charge on any atom is 0.255 e. The van der Waals surface area contributed by atoms with Gasteiger partial charge in [-0.05, 0) is 66.8 Å². The second-order valence-corrected chi connectivity index (χ2v) is 10.3. The quantitative estimate of drug-likeness (QED) is 0.364. The molecule has 0 spiro atoms. The minimum atomic E-state index is -3.19. The molecular formula is C29H29F4NO2. The molecule has 3 nitrogen and oxygen atoms in total. The number of fused-ring (bicyclic) bond motifs is 1. The minimum absolute atomic E-state index is 0.0547. The monoisotopic (exact) mass is 499 g/mol. The molecule has 7 heteroatoms. The number of piperidine rings is 1. The Morgan fingerprint density at radius 2 is 1.72 bits per heavy atom. The molecule has 2 aromatic rings. The molecule has 1 heterocycles. The van der Waals surface area contributed by atoms with Gasteiger partial charge in [-0.3, -0.25) is 0 Å². The summed E-state index contributed by atoms with van der Waals surface area (Å²) in [6, 6.07) is 9.73. The molecule has 3 aliphatic rings. The molecule has 5 rings (SSSR count). The van der Waals surface area contributed by atoms with Gasteiger partial charge in [0.25, 0.3) is 5.92 Å². The molecule has 1 N–H and O–H groups in total. The van der Waals surface area contributed by atoms with E-state index in [1.807, 2.05) is 24.3 Å². The number of carbonyl (C=O) groups is 1. The highest BCUT2D eigenvalue weighted by molar-refractivity contribution is 5.56. The maximum absolute atomic E-state index is 15.4. The van der Waals surface area contributed by atoms with Crippen molar-refractivity contribution < 1.29 is 27.5 Å². The van der Waals surface area contributed by atoms with Crippen molar-refractivity contribution in [2.45, 2.75) is 50.4 Å². The number of carbonyl (C=O) groups excluding carboxylic acids is 1. The molecule has 2 aromatic carbocycles. The van der Waals surface area contributed by atoms with E-state index in [1.54, 1.807) is 0 Å². The van der Waals surface area contributed by atoms with Gasteiger partial charge in [0, 0.05) is 49.4 Å². The van der Waals surface area contributed by atoms with Crippen LogP contribution in [0.5, 0.6) is 0 Å². The number of benzene rings is 2. The first-order chi connectivity index (χ1) is 17.2. The fourth-order valence-electron chi connectivity index (χ4n) is 6.05. The third kappa shape index (κ3) is 4.44. The topological polar surface area (TPSA) is 40.5 Å². The van der Waals surface area contributed by atoms with Gasteiger partial charge in [-0.15, -0.1) is 0 Å². The number of anilines is 1. The zero-order chi connectivity index (χ0) is 25.6. The maximum atomic E-state index is 15.4. The summed E-state index contributed by atoms with van der Waals surface area (Å²) in [5, 5.41) is 9.99. The van der Waals surface area contributed by atoms with Crippen molar-refractivity contribution in [1.29, 1.82) is 0 Å². The van der Waals surface area contributed by atoms with Crippen LogP contribution in [0.25, 0.3) is 0 Å². The summed E-state index contributed by atoms with van der Waals surface area (Å²) in [5.74, 6) is -7.30. The van der Waals surface area contributed by atoms with Crippen LogP contribution in [-0.2, 0) is 4.79 Å². The molecule has 2 fully saturated rings. The van der Waals surface area contributed by atoms with Crippen molar-refractivity contribution in [3.05, 3.63) is 88.2 Å². The van der Waals surface area contributed by atoms with Crippen LogP contribution in [0.2, 0.25) is 0 Å². The predicted octanol–water partition coefficient (Wildman–Crippen LogP) is 6.98. The third-order valence-electron chi connectivity index (χ3n) is 8.07. The van der Waals surface area contributed by atoms with Gasteiger partial charge in [-0.25, -0.2) is 17.6 Å². The fraction of sp³-hybridized carbons (Fsp3) is 0.414. The minimum Gasteiger partial charge on any atom is -0.512 e. The number of hydrogen-bond acceptors (Lipinski definition) is 3. The summed E-state index contributed by atoms with van der Waals surface area (Å²) in [4.78, 5) is 13.3. The van der Waals surface area contributed by atoms with Crippen LogP contribution in [0.4, 0.5) is 23.2 Å². The number of aliphatic hydroxyl groups excluding tert-OH is 1. The average Bonchev–Trinajstić information content (AvgIpc) is 2.86. The van der Waals surface area contributed by atoms with E-state index in [2.05, 4.69) is 4.90 Å². The molecule has 2 aliphatic carbocycles. The smallest absolute Gasteiger partial charge is 0.255 e. The van der Waals surface area contributed by atoms with E-state index in [4.69, 9.17) is 0 Å². The molecular weight excluding hydrogens is 470 g/mol. The Bertz CT molecular complexity index is 1210. The first-order valence-electron chi connectivity index (χ1n) is 12.4. The Hall–Kier alpha value is -3.09. The highest BCUT2D eigenvalue weighted by Crippen LogP contribution is 2.58. The molecule has 1 unspecified atom stereocenters. The highest BCUT2D eigenvalue weighted by Gasteiger charge is 2.53. The van der Waals surface area contributed by atoms with Crippen LogP contribution < -0.4 is 4.90 Å². The van der Waals surface area contributed by atoms with Crippen LogP contribution in [0.1, 0.15) is 54.2 Å². The molecule has 1 saturated carbocycles. The third-order valence-corrected chi connectivity index (χ3v) is 8.07. The van der Waals surface area contributed by atoms with E-state index in [1.165, 1.54) is 19.1 Å². The van der Waals surface area contributed by atoms with Gasteiger partial charge >= 0.3 is 0 Å². The van der Waals surface area contributed by atoms with Gasteiger partial charge in [-0.1, -0.05) is 23.8 Å².